The Balaban J connectivity index is 2.20. The Labute approximate surface area is 77.8 Å². The molecule has 0 saturated heterocycles. The van der Waals surface area contributed by atoms with E-state index in [1.165, 1.54) is 0 Å². The summed E-state index contributed by atoms with van der Waals surface area (Å²) in [5, 5.41) is 0. The third kappa shape index (κ3) is 4.64. The van der Waals surface area contributed by atoms with E-state index in [4.69, 9.17) is 0 Å². The summed E-state index contributed by atoms with van der Waals surface area (Å²) < 4.78 is 25.7. The summed E-state index contributed by atoms with van der Waals surface area (Å²) in [6, 6.07) is 0. The van der Waals surface area contributed by atoms with Crippen molar-refractivity contribution >= 4 is 16.3 Å². The number of allylic oxidation sites excluding steroid dienone is 1. The molecule has 0 bridgehead atoms. The third-order valence-corrected chi connectivity index (χ3v) is 2.02. The van der Waals surface area contributed by atoms with Gasteiger partial charge < -0.3 is 4.90 Å². The lowest BCUT2D eigenvalue weighted by Gasteiger charge is -2.18. The maximum atomic E-state index is 10.6. The Morgan fingerprint density at radius 3 is 2.92 bits per heavy atom. The largest absolute Gasteiger partial charge is 0.356 e. The highest BCUT2D eigenvalue weighted by atomic mass is 32.2. The zero-order chi connectivity index (χ0) is 9.73. The molecule has 0 aromatic rings. The summed E-state index contributed by atoms with van der Waals surface area (Å²) in [6.45, 7) is 1.25. The lowest BCUT2D eigenvalue weighted by molar-refractivity contribution is 0.262. The highest BCUT2D eigenvalue weighted by Gasteiger charge is 2.04. The Morgan fingerprint density at radius 2 is 2.38 bits per heavy atom. The molecule has 0 aromatic heterocycles. The van der Waals surface area contributed by atoms with Gasteiger partial charge >= 0.3 is 0 Å². The summed E-state index contributed by atoms with van der Waals surface area (Å²) in [5.41, 5.74) is 0. The van der Waals surface area contributed by atoms with Gasteiger partial charge in [-0.15, -0.1) is 0 Å². The van der Waals surface area contributed by atoms with Crippen molar-refractivity contribution in [3.63, 3.8) is 0 Å². The lowest BCUT2D eigenvalue weighted by atomic mass is 10.5. The van der Waals surface area contributed by atoms with Crippen LogP contribution in [0.5, 0.6) is 0 Å². The van der Waals surface area contributed by atoms with Gasteiger partial charge in [-0.3, -0.25) is 9.18 Å². The average molecular weight is 204 g/mol. The van der Waals surface area contributed by atoms with E-state index in [-0.39, 0.29) is 6.61 Å². The summed E-state index contributed by atoms with van der Waals surface area (Å²) in [4.78, 5) is 5.85. The zero-order valence-corrected chi connectivity index (χ0v) is 8.20. The molecule has 0 atom stereocenters. The highest BCUT2D eigenvalue weighted by Crippen LogP contribution is 1.96. The van der Waals surface area contributed by atoms with Crippen molar-refractivity contribution in [3.05, 3.63) is 12.3 Å². The van der Waals surface area contributed by atoms with Gasteiger partial charge in [0, 0.05) is 19.0 Å². The Bertz CT molecular complexity index is 308. The van der Waals surface area contributed by atoms with E-state index in [0.29, 0.717) is 13.2 Å². The fraction of sp³-hybridized carbons (Fsp3) is 0.571. The van der Waals surface area contributed by atoms with Crippen LogP contribution in [-0.4, -0.2) is 45.6 Å². The molecule has 0 amide bonds. The molecule has 1 heterocycles. The molecular weight excluding hydrogens is 192 g/mol. The summed E-state index contributed by atoms with van der Waals surface area (Å²) >= 11 is 0. The minimum atomic E-state index is -3.31. The topological polar surface area (TPSA) is 59.0 Å². The van der Waals surface area contributed by atoms with E-state index < -0.39 is 10.1 Å². The van der Waals surface area contributed by atoms with Crippen molar-refractivity contribution in [3.8, 4) is 0 Å². The number of rotatable bonds is 4. The molecule has 0 aromatic carbocycles. The van der Waals surface area contributed by atoms with Crippen LogP contribution in [0.4, 0.5) is 0 Å². The summed E-state index contributed by atoms with van der Waals surface area (Å²) in [7, 11) is -3.31. The normalized spacial score (nSPS) is 16.5. The first-order chi connectivity index (χ1) is 6.08. The number of hydrogen-bond acceptors (Lipinski definition) is 5. The Kier molecular flexibility index (Phi) is 3.44. The molecule has 0 aliphatic carbocycles. The molecule has 1 aliphatic rings. The standard InChI is InChI=1S/C7H12N2O3S/c1-13(10,11)12-6-5-9-4-2-3-8-7-9/h2-4H,5-7H2,1H3. The number of aliphatic imine (C=N–C) groups is 1. The SMILES string of the molecule is CS(=O)(=O)OCCN1C=CC=NC1. The van der Waals surface area contributed by atoms with Crippen LogP contribution in [0.1, 0.15) is 0 Å². The van der Waals surface area contributed by atoms with E-state index in [9.17, 15) is 8.42 Å². The van der Waals surface area contributed by atoms with Gasteiger partial charge in [0.1, 0.15) is 6.67 Å². The van der Waals surface area contributed by atoms with Crippen molar-refractivity contribution in [1.29, 1.82) is 0 Å². The minimum absolute atomic E-state index is 0.165. The molecule has 0 saturated carbocycles. The Hall–Kier alpha value is -0.880. The second-order valence-electron chi connectivity index (χ2n) is 2.65. The van der Waals surface area contributed by atoms with E-state index in [2.05, 4.69) is 9.18 Å². The van der Waals surface area contributed by atoms with Crippen LogP contribution >= 0.6 is 0 Å². The monoisotopic (exact) mass is 204 g/mol. The lowest BCUT2D eigenvalue weighted by Crippen LogP contribution is -2.25. The molecule has 0 radical (unpaired) electrons. The van der Waals surface area contributed by atoms with Gasteiger partial charge in [-0.05, 0) is 6.08 Å². The van der Waals surface area contributed by atoms with E-state index >= 15 is 0 Å². The van der Waals surface area contributed by atoms with Crippen LogP contribution in [0.15, 0.2) is 17.3 Å². The molecule has 0 N–H and O–H groups in total. The van der Waals surface area contributed by atoms with Crippen LogP contribution in [-0.2, 0) is 14.3 Å². The van der Waals surface area contributed by atoms with Crippen LogP contribution in [0.2, 0.25) is 0 Å². The van der Waals surface area contributed by atoms with Crippen molar-refractivity contribution in [2.45, 2.75) is 0 Å². The van der Waals surface area contributed by atoms with Crippen molar-refractivity contribution < 1.29 is 12.6 Å². The van der Waals surface area contributed by atoms with Crippen molar-refractivity contribution in [2.24, 2.45) is 4.99 Å². The van der Waals surface area contributed by atoms with Gasteiger partial charge in [-0.2, -0.15) is 8.42 Å². The molecule has 13 heavy (non-hydrogen) atoms. The van der Waals surface area contributed by atoms with E-state index in [0.717, 1.165) is 6.26 Å². The summed E-state index contributed by atoms with van der Waals surface area (Å²) in [6.07, 6.45) is 6.38. The molecule has 74 valence electrons. The van der Waals surface area contributed by atoms with Crippen LogP contribution in [0.3, 0.4) is 0 Å². The fourth-order valence-electron chi connectivity index (χ4n) is 0.871. The smallest absolute Gasteiger partial charge is 0.264 e. The quantitative estimate of drug-likeness (QED) is 0.596. The molecule has 1 aliphatic heterocycles. The molecule has 1 rings (SSSR count). The predicted octanol–water partition coefficient (Wildman–Crippen LogP) is -0.180. The van der Waals surface area contributed by atoms with Gasteiger partial charge in [0.25, 0.3) is 10.1 Å². The molecule has 0 fully saturated rings. The highest BCUT2D eigenvalue weighted by molar-refractivity contribution is 7.85. The molecular formula is C7H12N2O3S. The van der Waals surface area contributed by atoms with Crippen LogP contribution in [0, 0.1) is 0 Å². The van der Waals surface area contributed by atoms with Gasteiger partial charge in [-0.25, -0.2) is 0 Å². The number of nitrogens with zero attached hydrogens (tertiary/aromatic N) is 2. The van der Waals surface area contributed by atoms with Crippen molar-refractivity contribution in [1.82, 2.24) is 4.90 Å². The summed E-state index contributed by atoms with van der Waals surface area (Å²) in [5.74, 6) is 0. The molecule has 0 unspecified atom stereocenters. The minimum Gasteiger partial charge on any atom is -0.356 e. The predicted molar refractivity (Wildman–Crippen MR) is 50.0 cm³/mol. The first-order valence-electron chi connectivity index (χ1n) is 3.83. The Morgan fingerprint density at radius 1 is 1.62 bits per heavy atom. The third-order valence-electron chi connectivity index (χ3n) is 1.43. The fourth-order valence-corrected chi connectivity index (χ4v) is 1.25. The van der Waals surface area contributed by atoms with Gasteiger partial charge in [0.05, 0.1) is 12.9 Å². The van der Waals surface area contributed by atoms with Gasteiger partial charge in [-0.1, -0.05) is 0 Å². The van der Waals surface area contributed by atoms with E-state index in [1.807, 2.05) is 11.1 Å². The van der Waals surface area contributed by atoms with Crippen molar-refractivity contribution in [2.75, 3.05) is 26.1 Å². The first kappa shape index (κ1) is 10.2. The molecule has 0 spiro atoms. The van der Waals surface area contributed by atoms with Gasteiger partial charge in [0.15, 0.2) is 0 Å². The van der Waals surface area contributed by atoms with Gasteiger partial charge in [0.2, 0.25) is 0 Å². The van der Waals surface area contributed by atoms with Crippen LogP contribution in [0.25, 0.3) is 0 Å². The number of hydrogen-bond donors (Lipinski definition) is 0. The van der Waals surface area contributed by atoms with E-state index in [1.54, 1.807) is 12.3 Å². The molecule has 6 heteroatoms. The molecule has 5 nitrogen and oxygen atoms in total. The maximum Gasteiger partial charge on any atom is 0.264 e. The first-order valence-corrected chi connectivity index (χ1v) is 5.65. The second-order valence-corrected chi connectivity index (χ2v) is 4.30. The average Bonchev–Trinajstić information content (AvgIpc) is 2.04. The second kappa shape index (κ2) is 4.38. The maximum absolute atomic E-state index is 10.6. The van der Waals surface area contributed by atoms with Crippen LogP contribution < -0.4 is 0 Å². The zero-order valence-electron chi connectivity index (χ0n) is 7.38.